The highest BCUT2D eigenvalue weighted by molar-refractivity contribution is 9.10. The second kappa shape index (κ2) is 8.45. The van der Waals surface area contributed by atoms with Crippen LogP contribution in [0.3, 0.4) is 0 Å². The van der Waals surface area contributed by atoms with Crippen LogP contribution in [0.2, 0.25) is 0 Å². The molecule has 3 fully saturated rings. The van der Waals surface area contributed by atoms with Gasteiger partial charge in [-0.1, -0.05) is 6.07 Å². The fourth-order valence-electron chi connectivity index (χ4n) is 5.14. The van der Waals surface area contributed by atoms with Crippen molar-refractivity contribution in [3.05, 3.63) is 57.9 Å². The number of likely N-dealkylation sites (tertiary alicyclic amines) is 1. The molecule has 1 aliphatic carbocycles. The number of nitrogens with zero attached hydrogens (tertiary/aromatic N) is 4. The second-order valence-electron chi connectivity index (χ2n) is 9.00. The number of aromatic nitrogens is 1. The Morgan fingerprint density at radius 3 is 2.59 bits per heavy atom. The summed E-state index contributed by atoms with van der Waals surface area (Å²) in [7, 11) is 0. The van der Waals surface area contributed by atoms with Crippen molar-refractivity contribution in [2.24, 2.45) is 0 Å². The van der Waals surface area contributed by atoms with Crippen molar-refractivity contribution in [1.29, 1.82) is 5.26 Å². The first-order chi connectivity index (χ1) is 15.5. The Kier molecular flexibility index (Phi) is 5.64. The summed E-state index contributed by atoms with van der Waals surface area (Å²) in [5.41, 5.74) is 1.50. The molecule has 8 heteroatoms. The van der Waals surface area contributed by atoms with Crippen LogP contribution in [0.1, 0.15) is 43.2 Å². The van der Waals surface area contributed by atoms with Gasteiger partial charge in [0, 0.05) is 49.9 Å². The van der Waals surface area contributed by atoms with E-state index in [1.165, 1.54) is 6.07 Å². The fraction of sp³-hybridized carbons (Fsp3) is 0.458. The molecule has 0 spiro atoms. The Balaban J connectivity index is 1.16. The highest BCUT2D eigenvalue weighted by Crippen LogP contribution is 2.46. The zero-order chi connectivity index (χ0) is 22.3. The van der Waals surface area contributed by atoms with Gasteiger partial charge in [0.05, 0.1) is 10.0 Å². The molecule has 2 unspecified atom stereocenters. The third kappa shape index (κ3) is 4.00. The second-order valence-corrected chi connectivity index (χ2v) is 9.85. The summed E-state index contributed by atoms with van der Waals surface area (Å²) in [6.45, 7) is 2.04. The topological polar surface area (TPSA) is 72.3 Å². The standard InChI is InChI=1S/C24H25BrFN5O/c25-20-11-17(2-5-21(20)26)24(8-9-24)29-10-7-23(32)30-14-18-3-4-19(15-30)31(18)22-6-1-16(12-27)13-28-22/h1-2,5-6,11,13,18-19,29H,3-4,7-10,14-15H2. The third-order valence-electron chi connectivity index (χ3n) is 7.00. The van der Waals surface area contributed by atoms with Crippen molar-refractivity contribution in [1.82, 2.24) is 15.2 Å². The average molecular weight is 498 g/mol. The number of rotatable bonds is 6. The van der Waals surface area contributed by atoms with Crippen molar-refractivity contribution in [3.8, 4) is 6.07 Å². The minimum Gasteiger partial charge on any atom is -0.347 e. The Bertz CT molecular complexity index is 1050. The molecule has 3 aliphatic rings. The van der Waals surface area contributed by atoms with Crippen molar-refractivity contribution >= 4 is 27.7 Å². The van der Waals surface area contributed by atoms with Gasteiger partial charge in [0.15, 0.2) is 0 Å². The largest absolute Gasteiger partial charge is 0.347 e. The Morgan fingerprint density at radius 1 is 1.25 bits per heavy atom. The summed E-state index contributed by atoms with van der Waals surface area (Å²) in [5.74, 6) is 0.814. The van der Waals surface area contributed by atoms with E-state index in [4.69, 9.17) is 5.26 Å². The van der Waals surface area contributed by atoms with Gasteiger partial charge >= 0.3 is 0 Å². The molecule has 1 aromatic carbocycles. The predicted octanol–water partition coefficient (Wildman–Crippen LogP) is 3.70. The van der Waals surface area contributed by atoms with E-state index in [1.54, 1.807) is 12.3 Å². The van der Waals surface area contributed by atoms with Crippen LogP contribution in [0.25, 0.3) is 0 Å². The molecule has 5 rings (SSSR count). The normalized spacial score (nSPS) is 23.2. The SMILES string of the molecule is N#Cc1ccc(N2C3CCC2CN(C(=O)CCNC2(c4ccc(F)c(Br)c4)CC2)C3)nc1. The highest BCUT2D eigenvalue weighted by atomic mass is 79.9. The summed E-state index contributed by atoms with van der Waals surface area (Å²) in [6, 6.07) is 11.5. The Labute approximate surface area is 195 Å². The number of fused-ring (bicyclic) bond motifs is 2. The van der Waals surface area contributed by atoms with E-state index in [-0.39, 0.29) is 29.3 Å². The molecule has 0 radical (unpaired) electrons. The predicted molar refractivity (Wildman–Crippen MR) is 122 cm³/mol. The molecule has 2 atom stereocenters. The van der Waals surface area contributed by atoms with Gasteiger partial charge in [-0.25, -0.2) is 9.37 Å². The Morgan fingerprint density at radius 2 is 2.00 bits per heavy atom. The molecule has 1 saturated carbocycles. The number of carbonyl (C=O) groups is 1. The van der Waals surface area contributed by atoms with Crippen LogP contribution in [0.4, 0.5) is 10.2 Å². The summed E-state index contributed by atoms with van der Waals surface area (Å²) in [6.07, 6.45) is 6.18. The first-order valence-corrected chi connectivity index (χ1v) is 11.9. The van der Waals surface area contributed by atoms with E-state index >= 15 is 0 Å². The molecule has 2 aromatic rings. The number of halogens is 2. The molecule has 1 aromatic heterocycles. The van der Waals surface area contributed by atoms with Gasteiger partial charge in [0.25, 0.3) is 0 Å². The van der Waals surface area contributed by atoms with E-state index < -0.39 is 0 Å². The molecule has 1 amide bonds. The Hall–Kier alpha value is -2.50. The zero-order valence-corrected chi connectivity index (χ0v) is 19.3. The van der Waals surface area contributed by atoms with Crippen molar-refractivity contribution in [2.75, 3.05) is 24.5 Å². The molecule has 1 N–H and O–H groups in total. The third-order valence-corrected chi connectivity index (χ3v) is 7.61. The van der Waals surface area contributed by atoms with Crippen LogP contribution in [-0.2, 0) is 10.3 Å². The first kappa shape index (κ1) is 21.4. The minimum absolute atomic E-state index is 0.129. The van der Waals surface area contributed by atoms with Crippen LogP contribution < -0.4 is 10.2 Å². The van der Waals surface area contributed by atoms with E-state index in [2.05, 4.69) is 37.2 Å². The van der Waals surface area contributed by atoms with Gasteiger partial charge < -0.3 is 15.1 Å². The molecule has 6 nitrogen and oxygen atoms in total. The quantitative estimate of drug-likeness (QED) is 0.658. The van der Waals surface area contributed by atoms with Gasteiger partial charge in [-0.3, -0.25) is 4.79 Å². The number of nitriles is 1. The van der Waals surface area contributed by atoms with Gasteiger partial charge in [-0.05, 0) is 71.4 Å². The number of hydrogen-bond donors (Lipinski definition) is 1. The highest BCUT2D eigenvalue weighted by Gasteiger charge is 2.45. The number of anilines is 1. The van der Waals surface area contributed by atoms with Crippen LogP contribution >= 0.6 is 15.9 Å². The number of pyridine rings is 1. The number of nitrogens with one attached hydrogen (secondary N) is 1. The minimum atomic E-state index is -0.260. The molecule has 32 heavy (non-hydrogen) atoms. The molecule has 2 saturated heterocycles. The zero-order valence-electron chi connectivity index (χ0n) is 17.7. The lowest BCUT2D eigenvalue weighted by molar-refractivity contribution is -0.132. The van der Waals surface area contributed by atoms with Crippen molar-refractivity contribution < 1.29 is 9.18 Å². The summed E-state index contributed by atoms with van der Waals surface area (Å²) < 4.78 is 14.0. The average Bonchev–Trinajstić information content (AvgIpc) is 3.55. The summed E-state index contributed by atoms with van der Waals surface area (Å²) >= 11 is 3.27. The molecular weight excluding hydrogens is 473 g/mol. The number of benzene rings is 1. The molecule has 2 bridgehead atoms. The van der Waals surface area contributed by atoms with E-state index in [0.717, 1.165) is 37.1 Å². The lowest BCUT2D eigenvalue weighted by atomic mass is 10.0. The smallest absolute Gasteiger partial charge is 0.223 e. The lowest BCUT2D eigenvalue weighted by Gasteiger charge is -2.42. The monoisotopic (exact) mass is 497 g/mol. The maximum atomic E-state index is 13.6. The van der Waals surface area contributed by atoms with Crippen LogP contribution in [0, 0.1) is 17.1 Å². The lowest BCUT2D eigenvalue weighted by Crippen LogP contribution is -2.56. The molecule has 166 valence electrons. The molecule has 3 heterocycles. The van der Waals surface area contributed by atoms with Gasteiger partial charge in [-0.2, -0.15) is 5.26 Å². The maximum Gasteiger partial charge on any atom is 0.223 e. The van der Waals surface area contributed by atoms with Crippen LogP contribution in [0.5, 0.6) is 0 Å². The van der Waals surface area contributed by atoms with E-state index in [9.17, 15) is 9.18 Å². The van der Waals surface area contributed by atoms with Gasteiger partial charge in [-0.15, -0.1) is 0 Å². The van der Waals surface area contributed by atoms with Crippen molar-refractivity contribution in [3.63, 3.8) is 0 Å². The van der Waals surface area contributed by atoms with Gasteiger partial charge in [0.2, 0.25) is 5.91 Å². The van der Waals surface area contributed by atoms with Gasteiger partial charge in [0.1, 0.15) is 17.7 Å². The molecular formula is C24H25BrFN5O. The van der Waals surface area contributed by atoms with E-state index in [1.807, 2.05) is 23.1 Å². The van der Waals surface area contributed by atoms with Crippen molar-refractivity contribution in [2.45, 2.75) is 49.7 Å². The number of hydrogen-bond acceptors (Lipinski definition) is 5. The van der Waals surface area contributed by atoms with E-state index in [0.29, 0.717) is 36.1 Å². The fourth-order valence-corrected chi connectivity index (χ4v) is 5.52. The van der Waals surface area contributed by atoms with Crippen LogP contribution in [0.15, 0.2) is 41.0 Å². The number of amides is 1. The number of carbonyl (C=O) groups excluding carboxylic acids is 1. The first-order valence-electron chi connectivity index (χ1n) is 11.1. The maximum absolute atomic E-state index is 13.6. The summed E-state index contributed by atoms with van der Waals surface area (Å²) in [4.78, 5) is 21.7. The summed E-state index contributed by atoms with van der Waals surface area (Å²) in [5, 5.41) is 12.5. The number of piperazine rings is 1. The molecule has 2 aliphatic heterocycles. The van der Waals surface area contributed by atoms with Crippen LogP contribution in [-0.4, -0.2) is 47.5 Å².